The Kier molecular flexibility index (Phi) is 3.72. The van der Waals surface area contributed by atoms with Crippen LogP contribution in [-0.2, 0) is 20.1 Å². The predicted octanol–water partition coefficient (Wildman–Crippen LogP) is 1.68. The van der Waals surface area contributed by atoms with Gasteiger partial charge in [0.25, 0.3) is 0 Å². The van der Waals surface area contributed by atoms with Crippen LogP contribution in [0, 0.1) is 6.92 Å². The maximum atomic E-state index is 5.50. The molecule has 2 aromatic rings. The molecule has 0 atom stereocenters. The average Bonchev–Trinajstić information content (AvgIpc) is 2.87. The number of nitrogens with zero attached hydrogens (tertiary/aromatic N) is 3. The van der Waals surface area contributed by atoms with Gasteiger partial charge in [-0.2, -0.15) is 0 Å². The zero-order valence-electron chi connectivity index (χ0n) is 11.4. The lowest BCUT2D eigenvalue weighted by atomic mass is 10.4. The molecule has 2 heterocycles. The molecule has 0 radical (unpaired) electrons. The van der Waals surface area contributed by atoms with Crippen molar-refractivity contribution in [1.82, 2.24) is 14.9 Å². The van der Waals surface area contributed by atoms with Crippen molar-refractivity contribution in [3.05, 3.63) is 35.5 Å². The zero-order chi connectivity index (χ0) is 13.1. The van der Waals surface area contributed by atoms with Crippen molar-refractivity contribution < 1.29 is 4.42 Å². The number of rotatable bonds is 5. The van der Waals surface area contributed by atoms with Crippen LogP contribution in [0.3, 0.4) is 0 Å². The Morgan fingerprint density at radius 1 is 1.33 bits per heavy atom. The largest absolute Gasteiger partial charge is 0.465 e. The van der Waals surface area contributed by atoms with Gasteiger partial charge in [0.2, 0.25) is 5.95 Å². The first-order valence-electron chi connectivity index (χ1n) is 6.02. The molecule has 2 aromatic heterocycles. The topological polar surface area (TPSA) is 46.2 Å². The second-order valence-electron chi connectivity index (χ2n) is 4.62. The minimum absolute atomic E-state index is 0.732. The molecule has 2 rings (SSSR count). The standard InChI is InChI=1S/C13H20N4O/c1-10-5-6-12(18-10)9-14-7-11-8-15-13(16(2)3)17(11)4/h5-6,8,14H,7,9H2,1-4H3. The van der Waals surface area contributed by atoms with Crippen molar-refractivity contribution in [3.8, 4) is 0 Å². The molecule has 0 aliphatic rings. The summed E-state index contributed by atoms with van der Waals surface area (Å²) in [4.78, 5) is 6.37. The lowest BCUT2D eigenvalue weighted by Gasteiger charge is -2.12. The van der Waals surface area contributed by atoms with Gasteiger partial charge in [-0.25, -0.2) is 4.98 Å². The molecule has 0 amide bonds. The molecule has 0 saturated carbocycles. The molecule has 0 aliphatic heterocycles. The Hall–Kier alpha value is -1.75. The highest BCUT2D eigenvalue weighted by Gasteiger charge is 2.07. The highest BCUT2D eigenvalue weighted by molar-refractivity contribution is 5.30. The molecule has 0 spiro atoms. The summed E-state index contributed by atoms with van der Waals surface area (Å²) >= 11 is 0. The maximum Gasteiger partial charge on any atom is 0.204 e. The van der Waals surface area contributed by atoms with E-state index in [2.05, 4.69) is 14.9 Å². The lowest BCUT2D eigenvalue weighted by Crippen LogP contribution is -2.17. The number of hydrogen-bond acceptors (Lipinski definition) is 4. The molecule has 1 N–H and O–H groups in total. The van der Waals surface area contributed by atoms with E-state index in [9.17, 15) is 0 Å². The Balaban J connectivity index is 1.90. The van der Waals surface area contributed by atoms with E-state index in [1.165, 1.54) is 0 Å². The minimum Gasteiger partial charge on any atom is -0.465 e. The molecule has 0 bridgehead atoms. The van der Waals surface area contributed by atoms with Crippen molar-refractivity contribution in [3.63, 3.8) is 0 Å². The summed E-state index contributed by atoms with van der Waals surface area (Å²) in [5, 5.41) is 3.35. The summed E-state index contributed by atoms with van der Waals surface area (Å²) in [5.74, 6) is 2.87. The summed E-state index contributed by atoms with van der Waals surface area (Å²) < 4.78 is 7.59. The predicted molar refractivity (Wildman–Crippen MR) is 71.5 cm³/mol. The molecule has 98 valence electrons. The van der Waals surface area contributed by atoms with Crippen LogP contribution in [-0.4, -0.2) is 23.6 Å². The van der Waals surface area contributed by atoms with Crippen molar-refractivity contribution in [2.45, 2.75) is 20.0 Å². The van der Waals surface area contributed by atoms with E-state index in [0.717, 1.165) is 36.3 Å². The number of aromatic nitrogens is 2. The highest BCUT2D eigenvalue weighted by atomic mass is 16.3. The van der Waals surface area contributed by atoms with Crippen LogP contribution in [0.15, 0.2) is 22.7 Å². The second-order valence-corrected chi connectivity index (χ2v) is 4.62. The third-order valence-corrected chi connectivity index (χ3v) is 2.86. The molecule has 5 heteroatoms. The lowest BCUT2D eigenvalue weighted by molar-refractivity contribution is 0.460. The quantitative estimate of drug-likeness (QED) is 0.874. The van der Waals surface area contributed by atoms with Crippen LogP contribution < -0.4 is 10.2 Å². The molecule has 18 heavy (non-hydrogen) atoms. The van der Waals surface area contributed by atoms with Crippen molar-refractivity contribution >= 4 is 5.95 Å². The number of aryl methyl sites for hydroxylation is 1. The summed E-state index contributed by atoms with van der Waals surface area (Å²) in [5.41, 5.74) is 1.15. The van der Waals surface area contributed by atoms with Gasteiger partial charge in [-0.05, 0) is 19.1 Å². The first kappa shape index (κ1) is 12.7. The normalized spacial score (nSPS) is 10.9. The van der Waals surface area contributed by atoms with Gasteiger partial charge in [0.05, 0.1) is 18.4 Å². The molecule has 0 aromatic carbocycles. The Bertz CT molecular complexity index is 513. The van der Waals surface area contributed by atoms with Crippen molar-refractivity contribution in [1.29, 1.82) is 0 Å². The first-order valence-corrected chi connectivity index (χ1v) is 6.02. The summed E-state index contributed by atoms with van der Waals surface area (Å²) in [6, 6.07) is 3.97. The second kappa shape index (κ2) is 5.27. The number of imidazole rings is 1. The average molecular weight is 248 g/mol. The Morgan fingerprint density at radius 3 is 2.67 bits per heavy atom. The Labute approximate surface area is 107 Å². The van der Waals surface area contributed by atoms with Crippen LogP contribution >= 0.6 is 0 Å². The molecule has 0 saturated heterocycles. The van der Waals surface area contributed by atoms with Gasteiger partial charge in [0.1, 0.15) is 11.5 Å². The number of hydrogen-bond donors (Lipinski definition) is 1. The molecular formula is C13H20N4O. The monoisotopic (exact) mass is 248 g/mol. The van der Waals surface area contributed by atoms with Crippen molar-refractivity contribution in [2.75, 3.05) is 19.0 Å². The summed E-state index contributed by atoms with van der Waals surface area (Å²) in [6.07, 6.45) is 1.90. The van der Waals surface area contributed by atoms with E-state index < -0.39 is 0 Å². The fraction of sp³-hybridized carbons (Fsp3) is 0.462. The van der Waals surface area contributed by atoms with E-state index in [-0.39, 0.29) is 0 Å². The van der Waals surface area contributed by atoms with Gasteiger partial charge in [-0.15, -0.1) is 0 Å². The van der Waals surface area contributed by atoms with Gasteiger partial charge < -0.3 is 19.2 Å². The van der Waals surface area contributed by atoms with Crippen LogP contribution in [0.2, 0.25) is 0 Å². The fourth-order valence-electron chi connectivity index (χ4n) is 1.91. The molecule has 5 nitrogen and oxygen atoms in total. The number of anilines is 1. The third kappa shape index (κ3) is 2.73. The first-order chi connectivity index (χ1) is 8.58. The molecule has 0 aliphatic carbocycles. The van der Waals surface area contributed by atoms with E-state index in [1.807, 2.05) is 51.3 Å². The van der Waals surface area contributed by atoms with Crippen LogP contribution in [0.25, 0.3) is 0 Å². The van der Waals surface area contributed by atoms with E-state index in [0.29, 0.717) is 0 Å². The highest BCUT2D eigenvalue weighted by Crippen LogP contribution is 2.11. The zero-order valence-corrected chi connectivity index (χ0v) is 11.4. The van der Waals surface area contributed by atoms with Gasteiger partial charge in [0.15, 0.2) is 0 Å². The Morgan fingerprint density at radius 2 is 2.11 bits per heavy atom. The molecule has 0 unspecified atom stereocenters. The number of furan rings is 1. The number of nitrogens with one attached hydrogen (secondary N) is 1. The van der Waals surface area contributed by atoms with E-state index in [1.54, 1.807) is 0 Å². The van der Waals surface area contributed by atoms with Gasteiger partial charge >= 0.3 is 0 Å². The fourth-order valence-corrected chi connectivity index (χ4v) is 1.91. The van der Waals surface area contributed by atoms with Gasteiger partial charge in [-0.1, -0.05) is 0 Å². The van der Waals surface area contributed by atoms with Crippen LogP contribution in [0.4, 0.5) is 5.95 Å². The molecule has 0 fully saturated rings. The van der Waals surface area contributed by atoms with Crippen molar-refractivity contribution in [2.24, 2.45) is 7.05 Å². The third-order valence-electron chi connectivity index (χ3n) is 2.86. The van der Waals surface area contributed by atoms with E-state index in [4.69, 9.17) is 4.42 Å². The molecular weight excluding hydrogens is 228 g/mol. The van der Waals surface area contributed by atoms with Crippen LogP contribution in [0.5, 0.6) is 0 Å². The van der Waals surface area contributed by atoms with Crippen LogP contribution in [0.1, 0.15) is 17.2 Å². The minimum atomic E-state index is 0.732. The van der Waals surface area contributed by atoms with Gasteiger partial charge in [-0.3, -0.25) is 0 Å². The summed E-state index contributed by atoms with van der Waals surface area (Å²) in [6.45, 7) is 3.46. The summed E-state index contributed by atoms with van der Waals surface area (Å²) in [7, 11) is 6.01. The smallest absolute Gasteiger partial charge is 0.204 e. The maximum absolute atomic E-state index is 5.50. The van der Waals surface area contributed by atoms with Gasteiger partial charge in [0, 0.05) is 27.7 Å². The SMILES string of the molecule is Cc1ccc(CNCc2cnc(N(C)C)n2C)o1. The van der Waals surface area contributed by atoms with E-state index >= 15 is 0 Å².